The fourth-order valence-corrected chi connectivity index (χ4v) is 4.80. The highest BCUT2D eigenvalue weighted by Crippen LogP contribution is 2.41. The second-order valence-electron chi connectivity index (χ2n) is 8.93. The first kappa shape index (κ1) is 21.6. The molecular formula is C27H29FN4O. The Morgan fingerprint density at radius 2 is 2.00 bits per heavy atom. The summed E-state index contributed by atoms with van der Waals surface area (Å²) in [6.45, 7) is 6.46. The molecule has 5 nitrogen and oxygen atoms in total. The molecule has 0 spiro atoms. The van der Waals surface area contributed by atoms with Crippen LogP contribution in [-0.4, -0.2) is 31.9 Å². The first-order chi connectivity index (χ1) is 16.0. The van der Waals surface area contributed by atoms with Crippen LogP contribution < -0.4 is 0 Å². The van der Waals surface area contributed by atoms with Crippen LogP contribution in [0.3, 0.4) is 0 Å². The summed E-state index contributed by atoms with van der Waals surface area (Å²) >= 11 is 0. The molecule has 3 aromatic rings. The Hall–Kier alpha value is -3.28. The maximum atomic E-state index is 14.6. The number of carbonyl (C=O) groups is 1. The fourth-order valence-electron chi connectivity index (χ4n) is 4.80. The van der Waals surface area contributed by atoms with Gasteiger partial charge in [0.05, 0.1) is 11.7 Å². The summed E-state index contributed by atoms with van der Waals surface area (Å²) in [6.07, 6.45) is 6.87. The second kappa shape index (κ2) is 8.58. The largest absolute Gasteiger partial charge is 0.330 e. The number of benzene rings is 1. The molecule has 1 atom stereocenters. The highest BCUT2D eigenvalue weighted by Gasteiger charge is 2.32. The highest BCUT2D eigenvalue weighted by molar-refractivity contribution is 5.93. The Labute approximate surface area is 193 Å². The molecule has 0 saturated heterocycles. The van der Waals surface area contributed by atoms with Crippen LogP contribution in [0.5, 0.6) is 0 Å². The molecule has 0 radical (unpaired) electrons. The number of carbonyl (C=O) groups excluding carboxylic acids is 1. The molecule has 1 aliphatic heterocycles. The smallest absolute Gasteiger partial charge is 0.273 e. The Kier molecular flexibility index (Phi) is 5.60. The number of fused-ring (bicyclic) bond motifs is 2. The second-order valence-corrected chi connectivity index (χ2v) is 8.93. The Bertz CT molecular complexity index is 1280. The molecule has 0 N–H and O–H groups in total. The Morgan fingerprint density at radius 3 is 2.73 bits per heavy atom. The normalized spacial score (nSPS) is 19.2. The van der Waals surface area contributed by atoms with E-state index in [1.807, 2.05) is 30.9 Å². The van der Waals surface area contributed by atoms with Gasteiger partial charge in [-0.05, 0) is 62.8 Å². The predicted octanol–water partition coefficient (Wildman–Crippen LogP) is 6.03. The summed E-state index contributed by atoms with van der Waals surface area (Å²) in [5, 5.41) is 4.69. The Morgan fingerprint density at radius 1 is 1.21 bits per heavy atom. The lowest BCUT2D eigenvalue weighted by atomic mass is 9.93. The quantitative estimate of drug-likeness (QED) is 0.451. The van der Waals surface area contributed by atoms with Crippen molar-refractivity contribution in [3.63, 3.8) is 0 Å². The van der Waals surface area contributed by atoms with Gasteiger partial charge in [0.25, 0.3) is 5.91 Å². The third kappa shape index (κ3) is 3.88. The average molecular weight is 445 g/mol. The van der Waals surface area contributed by atoms with Gasteiger partial charge in [-0.15, -0.1) is 0 Å². The Balaban J connectivity index is 1.54. The molecule has 1 amide bonds. The van der Waals surface area contributed by atoms with Crippen LogP contribution in [0.15, 0.2) is 54.4 Å². The van der Waals surface area contributed by atoms with Crippen LogP contribution in [0.1, 0.15) is 85.0 Å². The van der Waals surface area contributed by atoms with E-state index in [2.05, 4.69) is 30.2 Å². The third-order valence-electron chi connectivity index (χ3n) is 6.73. The molecule has 33 heavy (non-hydrogen) atoms. The van der Waals surface area contributed by atoms with Crippen molar-refractivity contribution in [3.05, 3.63) is 82.6 Å². The van der Waals surface area contributed by atoms with E-state index in [1.54, 1.807) is 22.7 Å². The number of amides is 1. The van der Waals surface area contributed by atoms with Gasteiger partial charge in [-0.3, -0.25) is 4.79 Å². The number of allylic oxidation sites excluding steroid dienone is 4. The van der Waals surface area contributed by atoms with E-state index in [4.69, 9.17) is 4.98 Å². The van der Waals surface area contributed by atoms with Gasteiger partial charge < -0.3 is 4.90 Å². The lowest BCUT2D eigenvalue weighted by Gasteiger charge is -2.35. The predicted molar refractivity (Wildman–Crippen MR) is 128 cm³/mol. The molecule has 1 aliphatic carbocycles. The zero-order valence-corrected chi connectivity index (χ0v) is 19.4. The molecule has 1 fully saturated rings. The number of halogens is 1. The van der Waals surface area contributed by atoms with E-state index in [1.165, 1.54) is 11.1 Å². The van der Waals surface area contributed by atoms with E-state index in [9.17, 15) is 9.18 Å². The molecule has 5 rings (SSSR count). The van der Waals surface area contributed by atoms with Gasteiger partial charge in [-0.2, -0.15) is 5.10 Å². The number of nitrogens with zero attached hydrogens (tertiary/aromatic N) is 4. The number of hydrogen-bond donors (Lipinski definition) is 0. The van der Waals surface area contributed by atoms with Crippen molar-refractivity contribution >= 4 is 17.1 Å². The highest BCUT2D eigenvalue weighted by atomic mass is 19.1. The number of aromatic nitrogens is 3. The molecular weight excluding hydrogens is 415 g/mol. The third-order valence-corrected chi connectivity index (χ3v) is 6.73. The van der Waals surface area contributed by atoms with Gasteiger partial charge in [0.1, 0.15) is 11.5 Å². The fraction of sp³-hybridized carbons (Fsp3) is 0.370. The number of hydrogen-bond acceptors (Lipinski definition) is 3. The maximum absolute atomic E-state index is 14.6. The molecule has 3 heterocycles. The van der Waals surface area contributed by atoms with Gasteiger partial charge in [-0.25, -0.2) is 13.9 Å². The van der Waals surface area contributed by atoms with E-state index < -0.39 is 0 Å². The first-order valence-corrected chi connectivity index (χ1v) is 11.8. The summed E-state index contributed by atoms with van der Waals surface area (Å²) in [5.74, 6) is 0.0142. The van der Waals surface area contributed by atoms with Crippen molar-refractivity contribution in [1.29, 1.82) is 0 Å². The summed E-state index contributed by atoms with van der Waals surface area (Å²) in [4.78, 5) is 20.2. The zero-order chi connectivity index (χ0) is 23.1. The first-order valence-electron chi connectivity index (χ1n) is 11.8. The van der Waals surface area contributed by atoms with E-state index in [0.29, 0.717) is 41.5 Å². The van der Waals surface area contributed by atoms with Crippen molar-refractivity contribution < 1.29 is 9.18 Å². The summed E-state index contributed by atoms with van der Waals surface area (Å²) in [6, 6.07) is 12.0. The number of rotatable bonds is 5. The van der Waals surface area contributed by atoms with E-state index in [-0.39, 0.29) is 17.8 Å². The van der Waals surface area contributed by atoms with Crippen LogP contribution in [0, 0.1) is 0 Å². The maximum Gasteiger partial charge on any atom is 0.273 e. The molecule has 2 aromatic heterocycles. The van der Waals surface area contributed by atoms with Crippen LogP contribution in [0.4, 0.5) is 4.39 Å². The molecule has 0 unspecified atom stereocenters. The molecule has 1 aromatic carbocycles. The lowest BCUT2D eigenvalue weighted by molar-refractivity contribution is 0.0671. The molecule has 0 bridgehead atoms. The minimum absolute atomic E-state index is 0.00627. The molecule has 2 aliphatic rings. The minimum Gasteiger partial charge on any atom is -0.330 e. The zero-order valence-electron chi connectivity index (χ0n) is 19.4. The van der Waals surface area contributed by atoms with Gasteiger partial charge in [0.15, 0.2) is 5.65 Å². The molecule has 1 saturated carbocycles. The summed E-state index contributed by atoms with van der Waals surface area (Å²) < 4.78 is 16.4. The van der Waals surface area contributed by atoms with Crippen molar-refractivity contribution in [1.82, 2.24) is 19.5 Å². The topological polar surface area (TPSA) is 50.5 Å². The van der Waals surface area contributed by atoms with Crippen LogP contribution in [0.2, 0.25) is 0 Å². The minimum atomic E-state index is -0.284. The van der Waals surface area contributed by atoms with E-state index in [0.717, 1.165) is 25.0 Å². The summed E-state index contributed by atoms with van der Waals surface area (Å²) in [5.41, 5.74) is 5.51. The van der Waals surface area contributed by atoms with Crippen LogP contribution >= 0.6 is 0 Å². The van der Waals surface area contributed by atoms with E-state index >= 15 is 0 Å². The molecule has 170 valence electrons. The summed E-state index contributed by atoms with van der Waals surface area (Å²) in [7, 11) is 0. The molecule has 6 heteroatoms. The van der Waals surface area contributed by atoms with Gasteiger partial charge >= 0.3 is 0 Å². The average Bonchev–Trinajstić information content (AvgIpc) is 3.58. The SMILES string of the molecule is C/C=C(\C(F)=C/CC)c1cc2nc(C(=O)N3CCc4ccccc4[C@H]3C)cc(C3CC3)n2n1. The van der Waals surface area contributed by atoms with Gasteiger partial charge in [0, 0.05) is 29.8 Å². The van der Waals surface area contributed by atoms with Crippen molar-refractivity contribution in [2.75, 3.05) is 6.54 Å². The standard InChI is InChI=1S/C27H29FN4O/c1-4-8-22(28)20(5-2)23-16-26-29-24(15-25(19-11-12-19)32(26)30-23)27(33)31-14-13-18-9-6-7-10-21(18)17(31)3/h5-10,15-17,19H,4,11-14H2,1-3H3/b20-5+,22-8+/t17-/m1/s1. The monoisotopic (exact) mass is 444 g/mol. The van der Waals surface area contributed by atoms with Crippen molar-refractivity contribution in [2.24, 2.45) is 0 Å². The van der Waals surface area contributed by atoms with Gasteiger partial charge in [-0.1, -0.05) is 37.3 Å². The van der Waals surface area contributed by atoms with Gasteiger partial charge in [0.2, 0.25) is 0 Å². The lowest BCUT2D eigenvalue weighted by Crippen LogP contribution is -2.39. The van der Waals surface area contributed by atoms with Crippen LogP contribution in [0.25, 0.3) is 11.2 Å². The van der Waals surface area contributed by atoms with Crippen molar-refractivity contribution in [3.8, 4) is 0 Å². The van der Waals surface area contributed by atoms with Crippen molar-refractivity contribution in [2.45, 2.75) is 58.4 Å². The van der Waals surface area contributed by atoms with Crippen LogP contribution in [-0.2, 0) is 6.42 Å².